The van der Waals surface area contributed by atoms with Gasteiger partial charge >= 0.3 is 0 Å². The maximum atomic E-state index is 14.0. The van der Waals surface area contributed by atoms with E-state index < -0.39 is 47.5 Å². The van der Waals surface area contributed by atoms with Gasteiger partial charge < -0.3 is 21.6 Å². The third-order valence-electron chi connectivity index (χ3n) is 6.16. The van der Waals surface area contributed by atoms with Crippen molar-refractivity contribution in [3.63, 3.8) is 0 Å². The Kier molecular flexibility index (Phi) is 12.6. The van der Waals surface area contributed by atoms with Crippen LogP contribution in [0.2, 0.25) is 0 Å². The highest BCUT2D eigenvalue weighted by atomic mass is 16.2. The Morgan fingerprint density at radius 1 is 1.11 bits per heavy atom. The quantitative estimate of drug-likeness (QED) is 0.0331. The van der Waals surface area contributed by atoms with Crippen LogP contribution in [0.5, 0.6) is 0 Å². The number of guanidine groups is 1. The average Bonchev–Trinajstić information content (AvgIpc) is 3.27. The van der Waals surface area contributed by atoms with Gasteiger partial charge in [-0.15, -0.1) is 0 Å². The molecule has 0 spiro atoms. The fraction of sp³-hybridized carbons (Fsp3) is 0.739. The Labute approximate surface area is 212 Å². The summed E-state index contributed by atoms with van der Waals surface area (Å²) < 4.78 is 0. The number of hydrazine groups is 2. The first-order valence-electron chi connectivity index (χ1n) is 12.3. The Morgan fingerprint density at radius 3 is 2.19 bits per heavy atom. The van der Waals surface area contributed by atoms with Crippen LogP contribution in [0.1, 0.15) is 60.3 Å². The topological polar surface area (TPSA) is 206 Å². The predicted octanol–water partition coefficient (Wildman–Crippen LogP) is -1.40. The molecule has 1 heterocycles. The predicted molar refractivity (Wildman–Crippen MR) is 135 cm³/mol. The van der Waals surface area contributed by atoms with Gasteiger partial charge in [0, 0.05) is 20.0 Å². The van der Waals surface area contributed by atoms with Crippen molar-refractivity contribution in [2.45, 2.75) is 84.5 Å². The second-order valence-corrected chi connectivity index (χ2v) is 9.70. The number of carbonyl (C=O) groups is 5. The molecule has 1 saturated heterocycles. The first kappa shape index (κ1) is 31.1. The normalized spacial score (nSPS) is 18.4. The first-order chi connectivity index (χ1) is 16.9. The van der Waals surface area contributed by atoms with Gasteiger partial charge in [0.2, 0.25) is 11.7 Å². The van der Waals surface area contributed by atoms with Crippen LogP contribution in [0.3, 0.4) is 0 Å². The van der Waals surface area contributed by atoms with Crippen LogP contribution >= 0.6 is 0 Å². The molecule has 0 aromatic carbocycles. The Bertz CT molecular complexity index is 827. The molecule has 8 N–H and O–H groups in total. The molecular weight excluding hydrogens is 468 g/mol. The van der Waals surface area contributed by atoms with E-state index in [1.165, 1.54) is 16.9 Å². The summed E-state index contributed by atoms with van der Waals surface area (Å²) in [5.41, 5.74) is 13.2. The lowest BCUT2D eigenvalue weighted by Gasteiger charge is -2.41. The molecule has 0 bridgehead atoms. The second kappa shape index (κ2) is 14.6. The molecular formula is C23H42N8O5. The fourth-order valence-electron chi connectivity index (χ4n) is 4.22. The van der Waals surface area contributed by atoms with Crippen LogP contribution in [-0.2, 0) is 24.0 Å². The maximum Gasteiger partial charge on any atom is 0.260 e. The molecule has 0 radical (unpaired) electrons. The summed E-state index contributed by atoms with van der Waals surface area (Å²) in [4.78, 5) is 67.6. The van der Waals surface area contributed by atoms with Crippen molar-refractivity contribution in [1.29, 1.82) is 0 Å². The number of hydrogen-bond acceptors (Lipinski definition) is 9. The lowest BCUT2D eigenvalue weighted by molar-refractivity contribution is -0.167. The van der Waals surface area contributed by atoms with Crippen LogP contribution in [-0.4, -0.2) is 82.9 Å². The van der Waals surface area contributed by atoms with E-state index in [1.54, 1.807) is 13.8 Å². The molecule has 0 aromatic heterocycles. The molecule has 13 nitrogen and oxygen atoms in total. The number of aldehydes is 1. The van der Waals surface area contributed by atoms with Crippen LogP contribution in [0.25, 0.3) is 0 Å². The molecule has 1 rings (SSSR count). The standard InChI is InChI=1S/C23H42N8O5/c1-13(2)18(29-26)21(35)28-19(14(3)4)22(36)31(16(12-32)8-6-10-27-23(24)25)30-11-7-9-17(30)20(34)15(5)33/h12-14,16-19,29H,6-11,26H2,1-5H3,(H,28,35)(H4,24,25,27)/t16-,17-,18-,19-/m0/s1. The van der Waals surface area contributed by atoms with Gasteiger partial charge in [-0.25, -0.2) is 10.4 Å². The molecule has 0 unspecified atom stereocenters. The van der Waals surface area contributed by atoms with Gasteiger partial charge in [0.05, 0.1) is 6.04 Å². The highest BCUT2D eigenvalue weighted by molar-refractivity contribution is 6.38. The van der Waals surface area contributed by atoms with Crippen molar-refractivity contribution >= 4 is 35.6 Å². The molecule has 1 aliphatic heterocycles. The van der Waals surface area contributed by atoms with Gasteiger partial charge in [-0.2, -0.15) is 0 Å². The number of ketones is 2. The Hall–Kier alpha value is -2.90. The van der Waals surface area contributed by atoms with Crippen molar-refractivity contribution in [3.05, 3.63) is 0 Å². The van der Waals surface area contributed by atoms with E-state index in [-0.39, 0.29) is 30.8 Å². The number of nitrogens with two attached hydrogens (primary N) is 3. The van der Waals surface area contributed by atoms with E-state index in [2.05, 4.69) is 15.7 Å². The summed E-state index contributed by atoms with van der Waals surface area (Å²) in [6.45, 7) is 8.86. The van der Waals surface area contributed by atoms with Crippen LogP contribution in [0.15, 0.2) is 4.99 Å². The molecule has 204 valence electrons. The number of amides is 2. The molecule has 4 atom stereocenters. The third kappa shape index (κ3) is 8.35. The third-order valence-corrected chi connectivity index (χ3v) is 6.16. The summed E-state index contributed by atoms with van der Waals surface area (Å²) in [5.74, 6) is 2.67. The minimum atomic E-state index is -1.01. The van der Waals surface area contributed by atoms with E-state index in [0.717, 1.165) is 0 Å². The number of aliphatic imine (C=N–C) groups is 1. The highest BCUT2D eigenvalue weighted by Crippen LogP contribution is 2.25. The van der Waals surface area contributed by atoms with E-state index >= 15 is 0 Å². The summed E-state index contributed by atoms with van der Waals surface area (Å²) >= 11 is 0. The van der Waals surface area contributed by atoms with Crippen molar-refractivity contribution in [2.24, 2.45) is 34.1 Å². The summed E-state index contributed by atoms with van der Waals surface area (Å²) in [5, 5.41) is 5.50. The summed E-state index contributed by atoms with van der Waals surface area (Å²) in [7, 11) is 0. The molecule has 1 aliphatic rings. The Balaban J connectivity index is 3.38. The number of nitrogens with zero attached hydrogens (tertiary/aromatic N) is 3. The van der Waals surface area contributed by atoms with Gasteiger partial charge in [-0.3, -0.25) is 35.0 Å². The molecule has 2 amide bonds. The zero-order chi connectivity index (χ0) is 27.6. The van der Waals surface area contributed by atoms with Crippen molar-refractivity contribution < 1.29 is 24.0 Å². The van der Waals surface area contributed by atoms with Gasteiger partial charge in [-0.1, -0.05) is 27.7 Å². The molecule has 0 aliphatic carbocycles. The van der Waals surface area contributed by atoms with E-state index in [1.807, 2.05) is 13.8 Å². The molecule has 0 aromatic rings. The maximum absolute atomic E-state index is 14.0. The second-order valence-electron chi connectivity index (χ2n) is 9.70. The molecule has 1 fully saturated rings. The largest absolute Gasteiger partial charge is 0.370 e. The monoisotopic (exact) mass is 510 g/mol. The van der Waals surface area contributed by atoms with Gasteiger partial charge in [0.25, 0.3) is 5.91 Å². The van der Waals surface area contributed by atoms with Gasteiger partial charge in [0.15, 0.2) is 11.7 Å². The van der Waals surface area contributed by atoms with Crippen LogP contribution < -0.4 is 28.1 Å². The highest BCUT2D eigenvalue weighted by Gasteiger charge is 2.43. The summed E-state index contributed by atoms with van der Waals surface area (Å²) in [6.07, 6.45) is 2.14. The van der Waals surface area contributed by atoms with Crippen molar-refractivity contribution in [1.82, 2.24) is 20.8 Å². The first-order valence-corrected chi connectivity index (χ1v) is 12.3. The summed E-state index contributed by atoms with van der Waals surface area (Å²) in [6, 6.07) is -3.59. The zero-order valence-corrected chi connectivity index (χ0v) is 21.9. The zero-order valence-electron chi connectivity index (χ0n) is 21.9. The SMILES string of the molecule is CC(=O)C(=O)[C@@H]1CCCN1N(C(=O)[C@@H](NC(=O)[C@@H](NN)C(C)C)C(C)C)[C@H](C=O)CCCN=C(N)N. The van der Waals surface area contributed by atoms with Gasteiger partial charge in [0.1, 0.15) is 24.4 Å². The number of rotatable bonds is 15. The fourth-order valence-corrected chi connectivity index (χ4v) is 4.22. The van der Waals surface area contributed by atoms with Gasteiger partial charge in [-0.05, 0) is 37.5 Å². The minimum Gasteiger partial charge on any atom is -0.370 e. The number of hydrogen-bond donors (Lipinski definition) is 5. The average molecular weight is 511 g/mol. The van der Waals surface area contributed by atoms with E-state index in [9.17, 15) is 24.0 Å². The number of nitrogens with one attached hydrogen (secondary N) is 2. The minimum absolute atomic E-state index is 0.0898. The number of Topliss-reactive ketones (excluding diaryl/α,β-unsaturated/α-hetero) is 2. The molecule has 13 heteroatoms. The molecule has 0 saturated carbocycles. The number of carbonyl (C=O) groups excluding carboxylic acids is 5. The van der Waals surface area contributed by atoms with E-state index in [0.29, 0.717) is 32.1 Å². The van der Waals surface area contributed by atoms with Crippen molar-refractivity contribution in [2.75, 3.05) is 13.1 Å². The molecule has 36 heavy (non-hydrogen) atoms. The smallest absolute Gasteiger partial charge is 0.260 e. The van der Waals surface area contributed by atoms with Crippen LogP contribution in [0, 0.1) is 11.8 Å². The lowest BCUT2D eigenvalue weighted by atomic mass is 9.99. The van der Waals surface area contributed by atoms with Crippen LogP contribution in [0.4, 0.5) is 0 Å². The van der Waals surface area contributed by atoms with Crippen molar-refractivity contribution in [3.8, 4) is 0 Å². The lowest BCUT2D eigenvalue weighted by Crippen LogP contribution is -2.64. The van der Waals surface area contributed by atoms with E-state index in [4.69, 9.17) is 17.3 Å². The Morgan fingerprint density at radius 2 is 1.72 bits per heavy atom.